The molecule has 0 fully saturated rings. The molecule has 2 aromatic heterocycles. The molecular weight excluding hydrogens is 546 g/mol. The van der Waals surface area contributed by atoms with Crippen LogP contribution in [0.15, 0.2) is 48.5 Å². The minimum absolute atomic E-state index is 0.00402. The van der Waals surface area contributed by atoms with Crippen molar-refractivity contribution in [2.75, 3.05) is 7.11 Å². The third-order valence-corrected chi connectivity index (χ3v) is 6.85. The normalized spacial score (nSPS) is 11.0. The molecule has 0 amide bonds. The summed E-state index contributed by atoms with van der Waals surface area (Å²) in [6.45, 7) is 0. The van der Waals surface area contributed by atoms with Crippen molar-refractivity contribution in [3.8, 4) is 17.2 Å². The number of benzene rings is 2. The molecule has 0 aliphatic rings. The smallest absolute Gasteiger partial charge is 0.215 e. The molecule has 0 saturated carbocycles. The Labute approximate surface area is 218 Å². The molecule has 0 unspecified atom stereocenters. The van der Waals surface area contributed by atoms with Crippen molar-refractivity contribution < 1.29 is 19.4 Å². The number of phenolic OH excluding ortho intramolecular Hbond substituents is 1. The Hall–Kier alpha value is -2.61. The van der Waals surface area contributed by atoms with E-state index in [0.29, 0.717) is 5.75 Å². The first-order chi connectivity index (χ1) is 16.2. The van der Waals surface area contributed by atoms with E-state index in [-0.39, 0.29) is 53.6 Å². The highest BCUT2D eigenvalue weighted by atomic mass is 35.5. The van der Waals surface area contributed by atoms with Crippen molar-refractivity contribution in [1.82, 2.24) is 9.55 Å². The number of aromatic amines is 1. The van der Waals surface area contributed by atoms with Gasteiger partial charge in [-0.25, -0.2) is 0 Å². The summed E-state index contributed by atoms with van der Waals surface area (Å²) in [5.41, 5.74) is -0.0212. The number of H-pyrrole nitrogens is 1. The molecule has 2 heterocycles. The van der Waals surface area contributed by atoms with Gasteiger partial charge in [0, 0.05) is 0 Å². The van der Waals surface area contributed by atoms with Crippen molar-refractivity contribution in [1.29, 1.82) is 0 Å². The van der Waals surface area contributed by atoms with E-state index in [1.807, 2.05) is 0 Å². The molecular formula is C23H13Cl5N2O4. The molecule has 0 saturated heterocycles. The first-order valence-electron chi connectivity index (χ1n) is 9.51. The van der Waals surface area contributed by atoms with Crippen molar-refractivity contribution in [3.63, 3.8) is 0 Å². The van der Waals surface area contributed by atoms with Gasteiger partial charge in [0.1, 0.15) is 32.5 Å². The topological polar surface area (TPSA) is 84.3 Å². The van der Waals surface area contributed by atoms with Gasteiger partial charge in [0.2, 0.25) is 11.6 Å². The molecule has 6 nitrogen and oxygen atoms in total. The number of halogens is 5. The third kappa shape index (κ3) is 4.06. The molecule has 0 bridgehead atoms. The minimum Gasteiger partial charge on any atom is -0.506 e. The van der Waals surface area contributed by atoms with Crippen LogP contribution in [0.25, 0.3) is 5.69 Å². The number of para-hydroxylation sites is 2. The fourth-order valence-corrected chi connectivity index (χ4v) is 4.46. The summed E-state index contributed by atoms with van der Waals surface area (Å²) in [6.07, 6.45) is 0. The van der Waals surface area contributed by atoms with E-state index in [9.17, 15) is 14.7 Å². The standard InChI is InChI=1S/C23H13Cl5N2O4/c1-34-15-8-3-2-5-10(15)21(33)17-18(16(26)22(27)29-17)30-14(9-13(25)23(30)28)20(32)11-6-4-7-12(24)19(11)31/h2-9,29,31H,1H3. The fraction of sp³-hybridized carbons (Fsp3) is 0.0435. The maximum atomic E-state index is 13.5. The number of ether oxygens (including phenoxy) is 1. The lowest BCUT2D eigenvalue weighted by Crippen LogP contribution is -2.13. The van der Waals surface area contributed by atoms with Gasteiger partial charge in [0.25, 0.3) is 0 Å². The Morgan fingerprint density at radius 1 is 0.912 bits per heavy atom. The van der Waals surface area contributed by atoms with Crippen molar-refractivity contribution >= 4 is 69.6 Å². The second kappa shape index (κ2) is 9.56. The van der Waals surface area contributed by atoms with Crippen LogP contribution in [-0.2, 0) is 0 Å². The lowest BCUT2D eigenvalue weighted by Gasteiger charge is -2.13. The van der Waals surface area contributed by atoms with Gasteiger partial charge in [-0.05, 0) is 30.3 Å². The number of carbonyl (C=O) groups excluding carboxylic acids is 2. The van der Waals surface area contributed by atoms with Gasteiger partial charge in [0.05, 0.1) is 39.7 Å². The van der Waals surface area contributed by atoms with E-state index in [1.165, 1.54) is 35.9 Å². The van der Waals surface area contributed by atoms with Crippen LogP contribution in [-0.4, -0.2) is 33.3 Å². The number of aromatic nitrogens is 2. The monoisotopic (exact) mass is 556 g/mol. The van der Waals surface area contributed by atoms with Gasteiger partial charge in [-0.15, -0.1) is 0 Å². The SMILES string of the molecule is COc1ccccc1C(=O)c1[nH]c(Cl)c(Cl)c1-n1c(C(=O)c2cccc(Cl)c2O)cc(Cl)c1Cl. The largest absolute Gasteiger partial charge is 0.506 e. The quantitative estimate of drug-likeness (QED) is 0.244. The Morgan fingerprint density at radius 3 is 2.29 bits per heavy atom. The Kier molecular flexibility index (Phi) is 6.90. The molecule has 11 heteroatoms. The van der Waals surface area contributed by atoms with Crippen LogP contribution in [0.5, 0.6) is 11.5 Å². The molecule has 34 heavy (non-hydrogen) atoms. The number of carbonyl (C=O) groups is 2. The van der Waals surface area contributed by atoms with Crippen LogP contribution >= 0.6 is 58.0 Å². The minimum atomic E-state index is -0.669. The van der Waals surface area contributed by atoms with Gasteiger partial charge in [-0.1, -0.05) is 76.2 Å². The molecule has 174 valence electrons. The van der Waals surface area contributed by atoms with Gasteiger partial charge in [0.15, 0.2) is 0 Å². The summed E-state index contributed by atoms with van der Waals surface area (Å²) in [5, 5.41) is 10.1. The van der Waals surface area contributed by atoms with E-state index in [2.05, 4.69) is 4.98 Å². The molecule has 2 N–H and O–H groups in total. The maximum absolute atomic E-state index is 13.5. The number of ketones is 2. The average Bonchev–Trinajstić information content (AvgIpc) is 3.29. The summed E-state index contributed by atoms with van der Waals surface area (Å²) in [7, 11) is 1.43. The van der Waals surface area contributed by atoms with Crippen LogP contribution in [0, 0.1) is 0 Å². The molecule has 4 rings (SSSR count). The van der Waals surface area contributed by atoms with Crippen LogP contribution in [0.2, 0.25) is 25.4 Å². The molecule has 2 aromatic carbocycles. The van der Waals surface area contributed by atoms with Crippen LogP contribution < -0.4 is 4.74 Å². The van der Waals surface area contributed by atoms with Gasteiger partial charge < -0.3 is 14.8 Å². The number of methoxy groups -OCH3 is 1. The van der Waals surface area contributed by atoms with Gasteiger partial charge in [-0.3, -0.25) is 14.2 Å². The Balaban J connectivity index is 1.96. The molecule has 0 aliphatic heterocycles. The summed E-state index contributed by atoms with van der Waals surface area (Å²) >= 11 is 31.4. The number of aromatic hydroxyl groups is 1. The molecule has 0 atom stereocenters. The first kappa shape index (κ1) is 24.5. The van der Waals surface area contributed by atoms with E-state index >= 15 is 0 Å². The Morgan fingerprint density at radius 2 is 1.59 bits per heavy atom. The fourth-order valence-electron chi connectivity index (χ4n) is 3.46. The Bertz CT molecular complexity index is 1460. The summed E-state index contributed by atoms with van der Waals surface area (Å²) in [4.78, 5) is 29.6. The van der Waals surface area contributed by atoms with Crippen LogP contribution in [0.4, 0.5) is 0 Å². The van der Waals surface area contributed by atoms with Crippen LogP contribution in [0.1, 0.15) is 32.1 Å². The molecule has 0 aliphatic carbocycles. The van der Waals surface area contributed by atoms with E-state index in [0.717, 1.165) is 0 Å². The zero-order chi connectivity index (χ0) is 24.7. The van der Waals surface area contributed by atoms with Crippen molar-refractivity contribution in [2.45, 2.75) is 0 Å². The number of nitrogens with zero attached hydrogens (tertiary/aromatic N) is 1. The van der Waals surface area contributed by atoms with Gasteiger partial charge >= 0.3 is 0 Å². The highest BCUT2D eigenvalue weighted by Gasteiger charge is 2.31. The third-order valence-electron chi connectivity index (χ3n) is 5.04. The van der Waals surface area contributed by atoms with E-state index in [4.69, 9.17) is 62.7 Å². The zero-order valence-electron chi connectivity index (χ0n) is 17.1. The number of rotatable bonds is 6. The van der Waals surface area contributed by atoms with E-state index < -0.39 is 17.3 Å². The highest BCUT2D eigenvalue weighted by molar-refractivity contribution is 6.45. The molecule has 0 radical (unpaired) electrons. The number of nitrogens with one attached hydrogen (secondary N) is 1. The molecule has 4 aromatic rings. The first-order valence-corrected chi connectivity index (χ1v) is 11.4. The van der Waals surface area contributed by atoms with Crippen molar-refractivity contribution in [3.05, 3.63) is 96.4 Å². The predicted molar refractivity (Wildman–Crippen MR) is 133 cm³/mol. The number of hydrogen-bond donors (Lipinski definition) is 2. The lowest BCUT2D eigenvalue weighted by molar-refractivity contribution is 0.101. The average molecular weight is 559 g/mol. The second-order valence-corrected chi connectivity index (χ2v) is 8.90. The lowest BCUT2D eigenvalue weighted by atomic mass is 10.1. The number of phenols is 1. The highest BCUT2D eigenvalue weighted by Crippen LogP contribution is 2.40. The summed E-state index contributed by atoms with van der Waals surface area (Å²) in [6, 6.07) is 12.2. The number of hydrogen-bond acceptors (Lipinski definition) is 4. The predicted octanol–water partition coefficient (Wildman–Crippen LogP) is 7.25. The second-order valence-electron chi connectivity index (χ2n) is 6.97. The van der Waals surface area contributed by atoms with Crippen molar-refractivity contribution in [2.24, 2.45) is 0 Å². The summed E-state index contributed by atoms with van der Waals surface area (Å²) in [5.74, 6) is -1.29. The summed E-state index contributed by atoms with van der Waals surface area (Å²) < 4.78 is 6.49. The molecule has 0 spiro atoms. The van der Waals surface area contributed by atoms with E-state index in [1.54, 1.807) is 24.3 Å². The van der Waals surface area contributed by atoms with Gasteiger partial charge in [-0.2, -0.15) is 0 Å². The zero-order valence-corrected chi connectivity index (χ0v) is 20.9. The maximum Gasteiger partial charge on any atom is 0.215 e. The van der Waals surface area contributed by atoms with Crippen LogP contribution in [0.3, 0.4) is 0 Å².